The van der Waals surface area contributed by atoms with Crippen LogP contribution in [0.2, 0.25) is 0 Å². The first-order valence-electron chi connectivity index (χ1n) is 24.2. The minimum atomic E-state index is -1.66. The Morgan fingerprint density at radius 2 is 1.01 bits per heavy atom. The molecule has 2 atom stereocenters. The highest BCUT2D eigenvalue weighted by atomic mass is 33.7. The van der Waals surface area contributed by atoms with E-state index >= 15 is 0 Å². The van der Waals surface area contributed by atoms with Crippen LogP contribution >= 0.6 is 43.1 Å². The molecule has 5 saturated heterocycles. The number of nitrogens with one attached hydrogen (secondary N) is 2. The summed E-state index contributed by atoms with van der Waals surface area (Å²) in [5, 5.41) is 7.82. The largest absolute Gasteiger partial charge is 0.497 e. The van der Waals surface area contributed by atoms with Gasteiger partial charge in [-0.3, -0.25) is 24.2 Å². The number of amides is 3. The predicted octanol–water partition coefficient (Wildman–Crippen LogP) is 6.89. The Hall–Kier alpha value is -5.30. The number of esters is 2. The number of nitrogens with zero attached hydrogens (tertiary/aromatic N) is 4. The standard InChI is InChI=1S/C18H22FN3O6.C18H22FN3O5S.C14H14O2P2S4/c1-26-17(24)9-16(23)20-10-13-11-22(18(25)28-13)12-2-3-15(14(19)8-12)21-4-6-27-7-5-21;1-25-17(23)9-16(28)20-10-13-11-22(18(24)27-13)12-2-3-15(14(19)8-12)21-4-6-26-7-5-21;1-15-11-3-7-13(8-4-11)17(19)21-18(20,22-17)14-9-5-12(16-2)6-10-14/h2-3,8,13H,4-7,9-11H2,1H3,(H,20,23);2-3,8,13H,4-7,9-11H2,1H3,(H,20,28);3-10H,1-2H3/t2*13-;/m00./s1. The molecule has 420 valence electrons. The van der Waals surface area contributed by atoms with Crippen LogP contribution in [-0.2, 0) is 66.4 Å². The highest BCUT2D eigenvalue weighted by molar-refractivity contribution is 9.48. The first kappa shape index (κ1) is 60.3. The highest BCUT2D eigenvalue weighted by Gasteiger charge is 2.46. The number of thiocarbonyl (C=S) groups is 1. The summed E-state index contributed by atoms with van der Waals surface area (Å²) in [5.74, 6) is -0.736. The molecule has 19 nitrogen and oxygen atoms in total. The molecule has 0 saturated carbocycles. The minimum absolute atomic E-state index is 0.0373. The average molecular weight is 1210 g/mol. The smallest absolute Gasteiger partial charge is 0.414 e. The molecule has 5 heterocycles. The highest BCUT2D eigenvalue weighted by Crippen LogP contribution is 3.04. The second-order valence-corrected chi connectivity index (χ2v) is 39.2. The molecule has 2 N–H and O–H groups in total. The summed E-state index contributed by atoms with van der Waals surface area (Å²) in [6.45, 7) is 5.40. The lowest BCUT2D eigenvalue weighted by atomic mass is 10.2. The summed E-state index contributed by atoms with van der Waals surface area (Å²) < 4.78 is 66.3. The van der Waals surface area contributed by atoms with Crippen molar-refractivity contribution < 1.29 is 70.6 Å². The van der Waals surface area contributed by atoms with Crippen LogP contribution in [0.4, 0.5) is 41.1 Å². The molecule has 4 aromatic rings. The van der Waals surface area contributed by atoms with Gasteiger partial charge >= 0.3 is 24.1 Å². The second-order valence-electron chi connectivity index (χ2n) is 17.4. The maximum atomic E-state index is 14.6. The Kier molecular flexibility index (Phi) is 21.8. The van der Waals surface area contributed by atoms with Gasteiger partial charge in [-0.15, -0.1) is 0 Å². The van der Waals surface area contributed by atoms with E-state index in [2.05, 4.69) is 44.4 Å². The van der Waals surface area contributed by atoms with Gasteiger partial charge in [-0.05, 0) is 84.9 Å². The van der Waals surface area contributed by atoms with Crippen LogP contribution in [0.3, 0.4) is 0 Å². The topological polar surface area (TPSA) is 196 Å². The van der Waals surface area contributed by atoms with Crippen molar-refractivity contribution in [1.29, 1.82) is 0 Å². The Morgan fingerprint density at radius 3 is 1.40 bits per heavy atom. The summed E-state index contributed by atoms with van der Waals surface area (Å²) in [6, 6.07) is 25.5. The Balaban J connectivity index is 0.000000171. The molecular weight excluding hydrogens is 1150 g/mol. The lowest BCUT2D eigenvalue weighted by Gasteiger charge is -2.40. The van der Waals surface area contributed by atoms with Crippen LogP contribution in [0, 0.1) is 11.6 Å². The third-order valence-electron chi connectivity index (χ3n) is 12.3. The fourth-order valence-corrected chi connectivity index (χ4v) is 50.6. The molecule has 0 aromatic heterocycles. The summed E-state index contributed by atoms with van der Waals surface area (Å²) >= 11 is 20.6. The van der Waals surface area contributed by atoms with Gasteiger partial charge < -0.3 is 58.3 Å². The van der Waals surface area contributed by atoms with Crippen LogP contribution in [0.15, 0.2) is 84.9 Å². The average Bonchev–Trinajstić information content (AvgIpc) is 4.10. The number of anilines is 4. The zero-order chi connectivity index (χ0) is 56.0. The molecule has 28 heteroatoms. The zero-order valence-electron chi connectivity index (χ0n) is 42.9. The van der Waals surface area contributed by atoms with Gasteiger partial charge in [-0.2, -0.15) is 0 Å². The van der Waals surface area contributed by atoms with E-state index in [1.165, 1.54) is 46.8 Å². The van der Waals surface area contributed by atoms with Crippen LogP contribution in [-0.4, -0.2) is 154 Å². The third kappa shape index (κ3) is 16.0. The van der Waals surface area contributed by atoms with E-state index in [1.807, 2.05) is 56.1 Å². The molecule has 3 amide bonds. The number of morpholine rings is 2. The van der Waals surface area contributed by atoms with Gasteiger partial charge in [-0.1, -0.05) is 57.8 Å². The van der Waals surface area contributed by atoms with Gasteiger partial charge in [-0.25, -0.2) is 18.4 Å². The van der Waals surface area contributed by atoms with Crippen molar-refractivity contribution in [2.75, 3.05) is 127 Å². The third-order valence-corrected chi connectivity index (χ3v) is 43.8. The molecule has 78 heavy (non-hydrogen) atoms. The molecule has 0 unspecified atom stereocenters. The van der Waals surface area contributed by atoms with Crippen molar-refractivity contribution in [3.63, 3.8) is 0 Å². The first-order chi connectivity index (χ1) is 37.4. The fraction of sp³-hybridized carbons (Fsp3) is 0.400. The second kappa shape index (κ2) is 28.2. The summed E-state index contributed by atoms with van der Waals surface area (Å²) in [4.78, 5) is 65.0. The fourth-order valence-electron chi connectivity index (χ4n) is 8.12. The van der Waals surface area contributed by atoms with Crippen molar-refractivity contribution in [2.24, 2.45) is 0 Å². The SMILES string of the molecule is COC(=O)CC(=O)NC[C@H]1CN(c2ccc(N3CCOCC3)c(F)c2)C(=O)O1.COC(=O)CC(=S)NC[C@H]1CN(c2ccc(N3CCOCC3)c(F)c2)C(=O)O1.COc1ccc(P2(=S)SP(=S)(c3ccc(OC)cc3)S2)cc1. The van der Waals surface area contributed by atoms with Crippen LogP contribution in [0.1, 0.15) is 12.8 Å². The van der Waals surface area contributed by atoms with Crippen molar-refractivity contribution in [3.05, 3.63) is 96.6 Å². The van der Waals surface area contributed by atoms with E-state index < -0.39 is 69.2 Å². The minimum Gasteiger partial charge on any atom is -0.497 e. The summed E-state index contributed by atoms with van der Waals surface area (Å²) in [6.07, 6.45) is -2.68. The predicted molar refractivity (Wildman–Crippen MR) is 310 cm³/mol. The van der Waals surface area contributed by atoms with Crippen molar-refractivity contribution >= 4 is 135 Å². The lowest BCUT2D eigenvalue weighted by molar-refractivity contribution is -0.144. The first-order valence-corrected chi connectivity index (χ1v) is 34.3. The van der Waals surface area contributed by atoms with E-state index in [0.29, 0.717) is 80.3 Å². The zero-order valence-corrected chi connectivity index (χ0v) is 48.8. The van der Waals surface area contributed by atoms with Gasteiger partial charge in [0.2, 0.25) is 5.91 Å². The molecule has 5 aliphatic rings. The number of halogens is 2. The molecule has 0 bridgehead atoms. The number of rotatable bonds is 16. The van der Waals surface area contributed by atoms with E-state index in [-0.39, 0.29) is 32.6 Å². The van der Waals surface area contributed by atoms with Gasteiger partial charge in [0.1, 0.15) is 41.8 Å². The van der Waals surface area contributed by atoms with Crippen LogP contribution in [0.25, 0.3) is 0 Å². The maximum Gasteiger partial charge on any atom is 0.414 e. The molecular formula is C50H58F2N6O13P2S5. The van der Waals surface area contributed by atoms with Gasteiger partial charge in [0.05, 0.1) is 124 Å². The molecule has 4 aromatic carbocycles. The number of hydrogen-bond donors (Lipinski definition) is 2. The van der Waals surface area contributed by atoms with Gasteiger partial charge in [0, 0.05) is 36.8 Å². The molecule has 9 rings (SSSR count). The molecule has 0 radical (unpaired) electrons. The van der Waals surface area contributed by atoms with E-state index in [0.717, 1.165) is 11.5 Å². The normalized spacial score (nSPS) is 21.5. The van der Waals surface area contributed by atoms with Crippen molar-refractivity contribution in [1.82, 2.24) is 10.6 Å². The molecule has 5 fully saturated rings. The Labute approximate surface area is 473 Å². The lowest BCUT2D eigenvalue weighted by Crippen LogP contribution is -2.37. The maximum absolute atomic E-state index is 14.6. The summed E-state index contributed by atoms with van der Waals surface area (Å²) in [5.41, 5.74) is 1.76. The van der Waals surface area contributed by atoms with Gasteiger partial charge in [0.25, 0.3) is 0 Å². The number of ether oxygens (including phenoxy) is 8. The number of hydrogen-bond acceptors (Lipinski definition) is 20. The number of cyclic esters (lactones) is 2. The number of benzene rings is 4. The number of methoxy groups -OCH3 is 4. The molecule has 0 aliphatic carbocycles. The monoisotopic (exact) mass is 1210 g/mol. The van der Waals surface area contributed by atoms with E-state index in [1.54, 1.807) is 38.5 Å². The molecule has 0 spiro atoms. The van der Waals surface area contributed by atoms with Gasteiger partial charge in [0.15, 0.2) is 0 Å². The van der Waals surface area contributed by atoms with Crippen LogP contribution < -0.4 is 50.3 Å². The van der Waals surface area contributed by atoms with Crippen molar-refractivity contribution in [2.45, 2.75) is 25.0 Å². The Bertz CT molecular complexity index is 2700. The Morgan fingerprint density at radius 1 is 0.615 bits per heavy atom. The summed E-state index contributed by atoms with van der Waals surface area (Å²) in [7, 11) is 5.81. The van der Waals surface area contributed by atoms with Crippen molar-refractivity contribution in [3.8, 4) is 11.5 Å². The number of carbonyl (C=O) groups excluding carboxylic acids is 5. The van der Waals surface area contributed by atoms with E-state index in [4.69, 9.17) is 64.3 Å². The van der Waals surface area contributed by atoms with Crippen LogP contribution in [0.5, 0.6) is 11.5 Å². The number of carbonyl (C=O) groups is 5. The van der Waals surface area contributed by atoms with E-state index in [9.17, 15) is 32.8 Å². The molecule has 5 aliphatic heterocycles. The quantitative estimate of drug-likeness (QED) is 0.0387.